The molecule has 236 valence electrons. The molecule has 0 saturated carbocycles. The molecular formula is C35H42N6O4. The third-order valence-electron chi connectivity index (χ3n) is 7.61. The van der Waals surface area contributed by atoms with Crippen molar-refractivity contribution in [3.8, 4) is 11.5 Å². The fraction of sp³-hybridized carbons (Fsp3) is 0.314. The molecule has 0 fully saturated rings. The highest BCUT2D eigenvalue weighted by Crippen LogP contribution is 2.36. The molecule has 0 aliphatic rings. The van der Waals surface area contributed by atoms with E-state index in [0.717, 1.165) is 36.3 Å². The van der Waals surface area contributed by atoms with Crippen molar-refractivity contribution < 1.29 is 19.1 Å². The molecule has 0 saturated heterocycles. The Kier molecular flexibility index (Phi) is 11.1. The van der Waals surface area contributed by atoms with Crippen LogP contribution < -0.4 is 19.7 Å². The molecule has 0 aliphatic carbocycles. The second-order valence-corrected chi connectivity index (χ2v) is 10.8. The number of hydrogen-bond donors (Lipinski definition) is 1. The number of amides is 2. The molecule has 4 rings (SSSR count). The number of rotatable bonds is 12. The third-order valence-corrected chi connectivity index (χ3v) is 7.61. The molecule has 10 nitrogen and oxygen atoms in total. The summed E-state index contributed by atoms with van der Waals surface area (Å²) >= 11 is 0. The van der Waals surface area contributed by atoms with Gasteiger partial charge in [0.1, 0.15) is 17.3 Å². The quantitative estimate of drug-likeness (QED) is 0.185. The van der Waals surface area contributed by atoms with Crippen LogP contribution in [-0.2, 0) is 0 Å². The summed E-state index contributed by atoms with van der Waals surface area (Å²) in [4.78, 5) is 41.2. The van der Waals surface area contributed by atoms with Crippen LogP contribution in [0.25, 0.3) is 0 Å². The average molecular weight is 611 g/mol. The molecule has 0 spiro atoms. The van der Waals surface area contributed by atoms with Gasteiger partial charge in [0, 0.05) is 43.7 Å². The minimum Gasteiger partial charge on any atom is -0.495 e. The molecule has 1 N–H and O–H groups in total. The molecule has 0 unspecified atom stereocenters. The molecule has 3 aromatic carbocycles. The first-order valence-electron chi connectivity index (χ1n) is 15.1. The summed E-state index contributed by atoms with van der Waals surface area (Å²) in [5.74, 6) is 1.48. The fourth-order valence-electron chi connectivity index (χ4n) is 4.89. The van der Waals surface area contributed by atoms with E-state index in [9.17, 15) is 9.59 Å². The minimum atomic E-state index is -0.646. The normalized spacial score (nSPS) is 10.8. The van der Waals surface area contributed by atoms with Gasteiger partial charge in [-0.25, -0.2) is 14.7 Å². The first-order chi connectivity index (χ1) is 21.6. The monoisotopic (exact) mass is 610 g/mol. The number of methoxy groups -OCH3 is 1. The van der Waals surface area contributed by atoms with Gasteiger partial charge >= 0.3 is 6.09 Å². The number of carbonyl (C=O) groups excluding carboxylic acids is 2. The molecule has 0 aliphatic heterocycles. The summed E-state index contributed by atoms with van der Waals surface area (Å²) in [7, 11) is 3.37. The zero-order chi connectivity index (χ0) is 32.5. The van der Waals surface area contributed by atoms with Gasteiger partial charge in [-0.1, -0.05) is 38.1 Å². The van der Waals surface area contributed by atoms with E-state index in [1.807, 2.05) is 58.2 Å². The zero-order valence-electron chi connectivity index (χ0n) is 27.1. The van der Waals surface area contributed by atoms with E-state index in [0.29, 0.717) is 35.0 Å². The summed E-state index contributed by atoms with van der Waals surface area (Å²) in [5, 5.41) is 3.18. The maximum absolute atomic E-state index is 13.8. The predicted molar refractivity (Wildman–Crippen MR) is 178 cm³/mol. The lowest BCUT2D eigenvalue weighted by molar-refractivity contribution is 0.0779. The number of aromatic nitrogens is 2. The maximum Gasteiger partial charge on any atom is 0.425 e. The second-order valence-electron chi connectivity index (χ2n) is 10.8. The lowest BCUT2D eigenvalue weighted by Gasteiger charge is -2.24. The van der Waals surface area contributed by atoms with Crippen LogP contribution in [0.3, 0.4) is 0 Å². The second kappa shape index (κ2) is 15.2. The van der Waals surface area contributed by atoms with Gasteiger partial charge in [0.15, 0.2) is 0 Å². The molecule has 1 heterocycles. The molecule has 1 aromatic heterocycles. The largest absolute Gasteiger partial charge is 0.495 e. The third kappa shape index (κ3) is 8.16. The number of anilines is 4. The molecular weight excluding hydrogens is 568 g/mol. The molecule has 45 heavy (non-hydrogen) atoms. The van der Waals surface area contributed by atoms with Crippen LogP contribution in [0, 0.1) is 20.8 Å². The van der Waals surface area contributed by atoms with Crippen molar-refractivity contribution in [1.82, 2.24) is 19.8 Å². The first kappa shape index (κ1) is 32.9. The molecule has 4 aromatic rings. The van der Waals surface area contributed by atoms with E-state index in [2.05, 4.69) is 34.0 Å². The van der Waals surface area contributed by atoms with Crippen LogP contribution in [0.15, 0.2) is 72.9 Å². The van der Waals surface area contributed by atoms with E-state index in [4.69, 9.17) is 9.47 Å². The molecule has 2 amide bonds. The Morgan fingerprint density at radius 2 is 1.58 bits per heavy atom. The number of nitrogens with zero attached hydrogens (tertiary/aromatic N) is 5. The van der Waals surface area contributed by atoms with E-state index in [1.54, 1.807) is 54.6 Å². The molecule has 0 bridgehead atoms. The van der Waals surface area contributed by atoms with Crippen LogP contribution >= 0.6 is 0 Å². The van der Waals surface area contributed by atoms with Crippen molar-refractivity contribution in [3.63, 3.8) is 0 Å². The van der Waals surface area contributed by atoms with Crippen LogP contribution in [-0.4, -0.2) is 72.1 Å². The van der Waals surface area contributed by atoms with Gasteiger partial charge < -0.3 is 24.6 Å². The number of ether oxygens (including phenoxy) is 2. The average Bonchev–Trinajstić information content (AvgIpc) is 3.04. The number of hydrogen-bond acceptors (Lipinski definition) is 8. The van der Waals surface area contributed by atoms with Crippen LogP contribution in [0.2, 0.25) is 0 Å². The van der Waals surface area contributed by atoms with Gasteiger partial charge in [-0.15, -0.1) is 0 Å². The Hall–Kier alpha value is -4.96. The Labute approximate surface area is 265 Å². The van der Waals surface area contributed by atoms with Crippen molar-refractivity contribution in [3.05, 3.63) is 95.2 Å². The number of nitrogens with one attached hydrogen (secondary N) is 1. The number of aryl methyl sites for hydroxylation is 3. The Bertz CT molecular complexity index is 1600. The van der Waals surface area contributed by atoms with Gasteiger partial charge in [-0.2, -0.15) is 4.98 Å². The summed E-state index contributed by atoms with van der Waals surface area (Å²) < 4.78 is 11.6. The van der Waals surface area contributed by atoms with Gasteiger partial charge in [0.05, 0.1) is 12.8 Å². The summed E-state index contributed by atoms with van der Waals surface area (Å²) in [6.45, 7) is 13.3. The number of benzene rings is 3. The Morgan fingerprint density at radius 1 is 0.889 bits per heavy atom. The van der Waals surface area contributed by atoms with Crippen molar-refractivity contribution in [2.75, 3.05) is 50.6 Å². The highest BCUT2D eigenvalue weighted by Gasteiger charge is 2.26. The lowest BCUT2D eigenvalue weighted by atomic mass is 10.1. The van der Waals surface area contributed by atoms with Gasteiger partial charge in [-0.05, 0) is 86.9 Å². The van der Waals surface area contributed by atoms with E-state index in [1.165, 1.54) is 4.90 Å². The van der Waals surface area contributed by atoms with Crippen LogP contribution in [0.1, 0.15) is 40.9 Å². The molecule has 0 atom stereocenters. The summed E-state index contributed by atoms with van der Waals surface area (Å²) in [6, 6.07) is 20.0. The number of likely N-dealkylation sites (N-methyl/N-ethyl adjacent to an activating group) is 2. The van der Waals surface area contributed by atoms with Crippen LogP contribution in [0.5, 0.6) is 11.5 Å². The first-order valence-corrected chi connectivity index (χ1v) is 15.1. The number of para-hydroxylation sites is 1. The van der Waals surface area contributed by atoms with Crippen molar-refractivity contribution in [2.45, 2.75) is 34.6 Å². The lowest BCUT2D eigenvalue weighted by Crippen LogP contribution is -2.36. The predicted octanol–water partition coefficient (Wildman–Crippen LogP) is 6.90. The SMILES string of the molecule is CCN(CC)CCN(C)C(=O)c1ccc(Nc2nccc(N(C(=O)Oc3c(C)cccc3C)c3ccc(C)cc3OC)n2)cc1. The van der Waals surface area contributed by atoms with Gasteiger partial charge in [0.25, 0.3) is 5.91 Å². The number of carbonyl (C=O) groups is 2. The van der Waals surface area contributed by atoms with E-state index < -0.39 is 6.09 Å². The highest BCUT2D eigenvalue weighted by molar-refractivity contribution is 5.98. The molecule has 0 radical (unpaired) electrons. The molecule has 10 heteroatoms. The van der Waals surface area contributed by atoms with Crippen molar-refractivity contribution in [1.29, 1.82) is 0 Å². The topological polar surface area (TPSA) is 100 Å². The summed E-state index contributed by atoms with van der Waals surface area (Å²) in [5.41, 5.74) is 4.39. The summed E-state index contributed by atoms with van der Waals surface area (Å²) in [6.07, 6.45) is 0.917. The van der Waals surface area contributed by atoms with E-state index in [-0.39, 0.29) is 17.7 Å². The Balaban J connectivity index is 1.58. The van der Waals surface area contributed by atoms with E-state index >= 15 is 0 Å². The zero-order valence-corrected chi connectivity index (χ0v) is 27.1. The highest BCUT2D eigenvalue weighted by atomic mass is 16.6. The van der Waals surface area contributed by atoms with Crippen molar-refractivity contribution >= 4 is 35.1 Å². The standard InChI is InChI=1S/C35H42N6O4/c1-8-40(9-2)22-21-39(6)33(42)27-14-16-28(17-15-27)37-34-36-20-19-31(38-34)41(29-18-13-24(3)23-30(29)44-7)35(43)45-32-25(4)11-10-12-26(32)5/h10-20,23H,8-9,21-22H2,1-7H3,(H,36,37,38). The maximum atomic E-state index is 13.8. The van der Waals surface area contributed by atoms with Gasteiger partial charge in [-0.3, -0.25) is 4.79 Å². The van der Waals surface area contributed by atoms with Crippen molar-refractivity contribution in [2.24, 2.45) is 0 Å². The minimum absolute atomic E-state index is 0.0444. The van der Waals surface area contributed by atoms with Gasteiger partial charge in [0.2, 0.25) is 5.95 Å². The van der Waals surface area contributed by atoms with Crippen LogP contribution in [0.4, 0.5) is 27.9 Å². The Morgan fingerprint density at radius 3 is 2.22 bits per heavy atom. The smallest absolute Gasteiger partial charge is 0.425 e. The fourth-order valence-corrected chi connectivity index (χ4v) is 4.89.